The summed E-state index contributed by atoms with van der Waals surface area (Å²) in [6, 6.07) is 19.1. The molecule has 0 aliphatic heterocycles. The molecule has 0 bridgehead atoms. The number of nitrogens with two attached hydrogens (primary N) is 2. The van der Waals surface area contributed by atoms with Crippen LogP contribution in [0.15, 0.2) is 83.3 Å². The minimum absolute atomic E-state index is 0.510. The molecule has 2 aromatic carbocycles. The Labute approximate surface area is 210 Å². The first-order chi connectivity index (χ1) is 17.6. The van der Waals surface area contributed by atoms with Crippen molar-refractivity contribution in [2.24, 2.45) is 10.3 Å². The highest BCUT2D eigenvalue weighted by molar-refractivity contribution is 5.82. The van der Waals surface area contributed by atoms with Crippen molar-refractivity contribution in [1.82, 2.24) is 15.0 Å². The molecule has 9 nitrogen and oxygen atoms in total. The maximum atomic E-state index is 5.90. The molecule has 0 aliphatic carbocycles. The van der Waals surface area contributed by atoms with Crippen LogP contribution in [0.5, 0.6) is 11.5 Å². The van der Waals surface area contributed by atoms with Crippen molar-refractivity contribution in [3.63, 3.8) is 0 Å². The lowest BCUT2D eigenvalue weighted by atomic mass is 10.2. The highest BCUT2D eigenvalue weighted by Crippen LogP contribution is 2.22. The number of aromatic nitrogens is 2. The van der Waals surface area contributed by atoms with Gasteiger partial charge in [0, 0.05) is 29.9 Å². The Bertz CT molecular complexity index is 1360. The predicted octanol–water partition coefficient (Wildman–Crippen LogP) is 5.39. The summed E-state index contributed by atoms with van der Waals surface area (Å²) in [5, 5.41) is 11.9. The van der Waals surface area contributed by atoms with Crippen molar-refractivity contribution in [2.75, 3.05) is 38.3 Å². The molecule has 0 saturated heterocycles. The van der Waals surface area contributed by atoms with Gasteiger partial charge >= 0.3 is 0 Å². The molecular formula is C27H31N7O2. The second-order valence-corrected chi connectivity index (χ2v) is 8.21. The minimum atomic E-state index is 0.510. The standard InChI is InChI=1S/C27H31N7O2/c1-30-33-34(15-5-17-36-23-9-11-25-21(19-23)7-13-27(29)32-25)14-3-2-4-16-35-22-8-10-24-20(18-22)6-12-26(28)31-24/h3,6-14,18-19H,2,4-5,15-17H2,1H3,(H2,28,31)(H2,29,32)/b14-3+,33-30?. The Morgan fingerprint density at radius 2 is 1.39 bits per heavy atom. The molecule has 0 aliphatic rings. The molecule has 4 N–H and O–H groups in total. The predicted molar refractivity (Wildman–Crippen MR) is 144 cm³/mol. The zero-order chi connectivity index (χ0) is 25.2. The van der Waals surface area contributed by atoms with E-state index in [0.717, 1.165) is 52.6 Å². The number of rotatable bonds is 12. The molecule has 9 heteroatoms. The fraction of sp³-hybridized carbons (Fsp3) is 0.259. The number of pyridine rings is 2. The molecule has 2 heterocycles. The lowest BCUT2D eigenvalue weighted by molar-refractivity contribution is 0.274. The third kappa shape index (κ3) is 7.05. The van der Waals surface area contributed by atoms with Crippen LogP contribution in [0.3, 0.4) is 0 Å². The quantitative estimate of drug-likeness (QED) is 0.157. The van der Waals surface area contributed by atoms with Crippen LogP contribution in [0, 0.1) is 0 Å². The van der Waals surface area contributed by atoms with Gasteiger partial charge in [0.05, 0.1) is 31.3 Å². The number of hydrogen-bond acceptors (Lipinski definition) is 8. The Morgan fingerprint density at radius 3 is 1.97 bits per heavy atom. The Kier molecular flexibility index (Phi) is 8.48. The highest BCUT2D eigenvalue weighted by Gasteiger charge is 2.02. The Morgan fingerprint density at radius 1 is 0.806 bits per heavy atom. The smallest absolute Gasteiger partial charge is 0.124 e. The van der Waals surface area contributed by atoms with Gasteiger partial charge in [-0.25, -0.2) is 9.97 Å². The molecule has 0 atom stereocenters. The van der Waals surface area contributed by atoms with E-state index in [2.05, 4.69) is 26.4 Å². The average molecular weight is 486 g/mol. The average Bonchev–Trinajstić information content (AvgIpc) is 2.88. The molecule has 0 radical (unpaired) electrons. The van der Waals surface area contributed by atoms with E-state index in [9.17, 15) is 0 Å². The Balaban J connectivity index is 1.16. The number of anilines is 2. The van der Waals surface area contributed by atoms with Gasteiger partial charge in [0.15, 0.2) is 0 Å². The fourth-order valence-corrected chi connectivity index (χ4v) is 3.69. The lowest BCUT2D eigenvalue weighted by Crippen LogP contribution is -2.14. The number of allylic oxidation sites excluding steroid dienone is 1. The summed E-state index contributed by atoms with van der Waals surface area (Å²) < 4.78 is 11.8. The molecule has 0 saturated carbocycles. The summed E-state index contributed by atoms with van der Waals surface area (Å²) in [6.07, 6.45) is 6.58. The van der Waals surface area contributed by atoms with Gasteiger partial charge in [-0.3, -0.25) is 5.01 Å². The first-order valence-corrected chi connectivity index (χ1v) is 11.9. The second kappa shape index (κ2) is 12.3. The number of ether oxygens (including phenoxy) is 2. The fourth-order valence-electron chi connectivity index (χ4n) is 3.69. The first-order valence-electron chi connectivity index (χ1n) is 11.9. The Hall–Kier alpha value is -4.40. The van der Waals surface area contributed by atoms with E-state index in [4.69, 9.17) is 20.9 Å². The lowest BCUT2D eigenvalue weighted by Gasteiger charge is -2.13. The van der Waals surface area contributed by atoms with Crippen LogP contribution in [0.1, 0.15) is 19.3 Å². The van der Waals surface area contributed by atoms with Crippen LogP contribution in [0.4, 0.5) is 11.6 Å². The normalized spacial score (nSPS) is 11.6. The van der Waals surface area contributed by atoms with Crippen molar-refractivity contribution in [2.45, 2.75) is 19.3 Å². The van der Waals surface area contributed by atoms with Gasteiger partial charge in [-0.05, 0) is 73.5 Å². The van der Waals surface area contributed by atoms with Crippen LogP contribution in [-0.4, -0.2) is 41.8 Å². The first kappa shape index (κ1) is 24.7. The molecule has 0 unspecified atom stereocenters. The summed E-state index contributed by atoms with van der Waals surface area (Å²) >= 11 is 0. The topological polar surface area (TPSA) is 124 Å². The van der Waals surface area contributed by atoms with Gasteiger partial charge in [-0.15, -0.1) is 0 Å². The maximum absolute atomic E-state index is 5.90. The summed E-state index contributed by atoms with van der Waals surface area (Å²) in [7, 11) is 1.66. The van der Waals surface area contributed by atoms with Crippen molar-refractivity contribution < 1.29 is 9.47 Å². The summed E-state index contributed by atoms with van der Waals surface area (Å²) in [5.41, 5.74) is 13.2. The summed E-state index contributed by atoms with van der Waals surface area (Å²) in [5.74, 6) is 2.66. The maximum Gasteiger partial charge on any atom is 0.124 e. The number of hydrogen-bond donors (Lipinski definition) is 2. The van der Waals surface area contributed by atoms with Gasteiger partial charge in [0.2, 0.25) is 0 Å². The highest BCUT2D eigenvalue weighted by atomic mass is 16.5. The number of benzene rings is 2. The van der Waals surface area contributed by atoms with E-state index in [0.29, 0.717) is 31.4 Å². The van der Waals surface area contributed by atoms with Gasteiger partial charge in [-0.2, -0.15) is 5.11 Å². The second-order valence-electron chi connectivity index (χ2n) is 8.21. The van der Waals surface area contributed by atoms with Crippen molar-refractivity contribution in [3.8, 4) is 11.5 Å². The van der Waals surface area contributed by atoms with Crippen LogP contribution in [0.25, 0.3) is 21.8 Å². The van der Waals surface area contributed by atoms with Crippen LogP contribution >= 0.6 is 0 Å². The molecule has 0 spiro atoms. The zero-order valence-electron chi connectivity index (χ0n) is 20.4. The van der Waals surface area contributed by atoms with Crippen molar-refractivity contribution in [3.05, 3.63) is 72.9 Å². The number of unbranched alkanes of at least 4 members (excludes halogenated alkanes) is 1. The molecule has 186 valence electrons. The van der Waals surface area contributed by atoms with Crippen LogP contribution in [-0.2, 0) is 0 Å². The van der Waals surface area contributed by atoms with Crippen molar-refractivity contribution >= 4 is 33.4 Å². The zero-order valence-corrected chi connectivity index (χ0v) is 20.4. The van der Waals surface area contributed by atoms with E-state index in [-0.39, 0.29) is 0 Å². The van der Waals surface area contributed by atoms with E-state index in [1.54, 1.807) is 19.2 Å². The van der Waals surface area contributed by atoms with Crippen molar-refractivity contribution in [1.29, 1.82) is 0 Å². The van der Waals surface area contributed by atoms with Gasteiger partial charge in [0.25, 0.3) is 0 Å². The van der Waals surface area contributed by atoms with E-state index in [1.165, 1.54) is 0 Å². The number of fused-ring (bicyclic) bond motifs is 2. The van der Waals surface area contributed by atoms with Crippen LogP contribution in [0.2, 0.25) is 0 Å². The largest absolute Gasteiger partial charge is 0.494 e. The van der Waals surface area contributed by atoms with E-state index < -0.39 is 0 Å². The SMILES string of the molecule is CN=NN(/C=C/CCCOc1ccc2nc(N)ccc2c1)CCCOc1ccc2nc(N)ccc2c1. The van der Waals surface area contributed by atoms with Gasteiger partial charge in [-0.1, -0.05) is 11.3 Å². The van der Waals surface area contributed by atoms with E-state index >= 15 is 0 Å². The molecule has 2 aromatic heterocycles. The number of nitrogens with zero attached hydrogens (tertiary/aromatic N) is 5. The van der Waals surface area contributed by atoms with Gasteiger partial charge in [0.1, 0.15) is 23.1 Å². The molecule has 0 amide bonds. The number of nitrogen functional groups attached to an aromatic ring is 2. The molecule has 0 fully saturated rings. The van der Waals surface area contributed by atoms with Crippen LogP contribution < -0.4 is 20.9 Å². The minimum Gasteiger partial charge on any atom is -0.494 e. The summed E-state index contributed by atoms with van der Waals surface area (Å²) in [4.78, 5) is 8.61. The van der Waals surface area contributed by atoms with Gasteiger partial charge < -0.3 is 20.9 Å². The molecule has 4 aromatic rings. The molecular weight excluding hydrogens is 454 g/mol. The van der Waals surface area contributed by atoms with E-state index in [1.807, 2.05) is 59.7 Å². The third-order valence-corrected chi connectivity index (χ3v) is 5.43. The monoisotopic (exact) mass is 485 g/mol. The molecule has 4 rings (SSSR count). The molecule has 36 heavy (non-hydrogen) atoms. The third-order valence-electron chi connectivity index (χ3n) is 5.43. The summed E-state index contributed by atoms with van der Waals surface area (Å²) in [6.45, 7) is 1.89.